The predicted molar refractivity (Wildman–Crippen MR) is 118 cm³/mol. The summed E-state index contributed by atoms with van der Waals surface area (Å²) < 4.78 is 5.29. The largest absolute Gasteiger partial charge is 0.508 e. The van der Waals surface area contributed by atoms with E-state index >= 15 is 0 Å². The van der Waals surface area contributed by atoms with Gasteiger partial charge in [0.25, 0.3) is 0 Å². The van der Waals surface area contributed by atoms with Crippen molar-refractivity contribution >= 4 is 0 Å². The summed E-state index contributed by atoms with van der Waals surface area (Å²) in [5.74, 6) is 0.573. The maximum Gasteiger partial charge on any atom is 0.119 e. The van der Waals surface area contributed by atoms with Crippen LogP contribution in [-0.4, -0.2) is 35.7 Å². The monoisotopic (exact) mass is 383 g/mol. The van der Waals surface area contributed by atoms with Crippen LogP contribution >= 0.6 is 0 Å². The number of ether oxygens (including phenoxy) is 1. The maximum absolute atomic E-state index is 10.6. The molecular weight excluding hydrogens is 346 g/mol. The minimum absolute atomic E-state index is 0.199. The van der Waals surface area contributed by atoms with E-state index < -0.39 is 0 Å². The number of phenols is 1. The van der Waals surface area contributed by atoms with Crippen molar-refractivity contribution in [2.45, 2.75) is 71.6 Å². The second-order valence-corrected chi connectivity index (χ2v) is 8.21. The summed E-state index contributed by atoms with van der Waals surface area (Å²) >= 11 is 0. The first-order chi connectivity index (χ1) is 13.4. The normalized spacial score (nSPS) is 12.9. The molecule has 154 valence electrons. The molecule has 0 saturated heterocycles. The Morgan fingerprint density at radius 2 is 1.61 bits per heavy atom. The van der Waals surface area contributed by atoms with E-state index in [4.69, 9.17) is 4.74 Å². The Morgan fingerprint density at radius 3 is 2.21 bits per heavy atom. The van der Waals surface area contributed by atoms with E-state index in [2.05, 4.69) is 62.9 Å². The molecule has 2 aromatic rings. The molecule has 0 heterocycles. The summed E-state index contributed by atoms with van der Waals surface area (Å²) in [6, 6.07) is 17.5. The number of methoxy groups -OCH3 is 1. The summed E-state index contributed by atoms with van der Waals surface area (Å²) in [5, 5.41) is 10.6. The molecule has 0 bridgehead atoms. The third-order valence-electron chi connectivity index (χ3n) is 5.47. The second-order valence-electron chi connectivity index (χ2n) is 8.21. The fraction of sp³-hybridized carbons (Fsp3) is 0.520. The molecule has 1 unspecified atom stereocenters. The lowest BCUT2D eigenvalue weighted by atomic mass is 9.85. The number of rotatable bonds is 11. The summed E-state index contributed by atoms with van der Waals surface area (Å²) in [5.41, 5.74) is 3.37. The fourth-order valence-corrected chi connectivity index (χ4v) is 4.08. The molecule has 0 aliphatic rings. The van der Waals surface area contributed by atoms with Crippen LogP contribution in [0, 0.1) is 0 Å². The van der Waals surface area contributed by atoms with E-state index in [9.17, 15) is 5.11 Å². The lowest BCUT2D eigenvalue weighted by molar-refractivity contribution is 0.171. The van der Waals surface area contributed by atoms with Crippen LogP contribution in [-0.2, 0) is 11.3 Å². The van der Waals surface area contributed by atoms with E-state index in [1.807, 2.05) is 12.1 Å². The van der Waals surface area contributed by atoms with Gasteiger partial charge in [-0.05, 0) is 70.3 Å². The number of phenolic OH excluding ortho intramolecular Hbond substituents is 1. The average Bonchev–Trinajstić information content (AvgIpc) is 2.67. The zero-order chi connectivity index (χ0) is 20.5. The zero-order valence-corrected chi connectivity index (χ0v) is 18.2. The minimum atomic E-state index is 0.199. The van der Waals surface area contributed by atoms with Crippen molar-refractivity contribution < 1.29 is 9.84 Å². The third kappa shape index (κ3) is 6.35. The highest BCUT2D eigenvalue weighted by atomic mass is 16.5. The van der Waals surface area contributed by atoms with Crippen LogP contribution in [0.2, 0.25) is 0 Å². The summed E-state index contributed by atoms with van der Waals surface area (Å²) in [4.78, 5) is 2.55. The SMILES string of the molecule is COCc1ccc(O)c(C(CCCCN(C(C)C)C(C)C)c2ccccc2)c1. The summed E-state index contributed by atoms with van der Waals surface area (Å²) in [6.07, 6.45) is 3.32. The molecule has 3 nitrogen and oxygen atoms in total. The van der Waals surface area contributed by atoms with Gasteiger partial charge < -0.3 is 9.84 Å². The Hall–Kier alpha value is -1.84. The molecule has 0 amide bonds. The van der Waals surface area contributed by atoms with E-state index in [1.54, 1.807) is 13.2 Å². The molecule has 0 fully saturated rings. The van der Waals surface area contributed by atoms with Gasteiger partial charge in [-0.2, -0.15) is 0 Å². The standard InChI is InChI=1S/C25H37NO2/c1-19(2)26(20(3)4)16-10-9-13-23(22-11-7-6-8-12-22)24-17-21(18-28-5)14-15-25(24)27/h6-8,11-12,14-15,17,19-20,23,27H,9-10,13,16,18H2,1-5H3. The molecule has 0 aliphatic heterocycles. The molecule has 3 heteroatoms. The lowest BCUT2D eigenvalue weighted by Gasteiger charge is -2.30. The maximum atomic E-state index is 10.6. The Balaban J connectivity index is 2.15. The summed E-state index contributed by atoms with van der Waals surface area (Å²) in [6.45, 7) is 10.8. The Labute approximate surface area is 171 Å². The fourth-order valence-electron chi connectivity index (χ4n) is 4.08. The molecule has 0 spiro atoms. The van der Waals surface area contributed by atoms with Crippen LogP contribution < -0.4 is 0 Å². The van der Waals surface area contributed by atoms with Crippen LogP contribution in [0.15, 0.2) is 48.5 Å². The number of unbranched alkanes of at least 4 members (excludes halogenated alkanes) is 1. The number of hydrogen-bond donors (Lipinski definition) is 1. The number of hydrogen-bond acceptors (Lipinski definition) is 3. The van der Waals surface area contributed by atoms with Gasteiger partial charge in [-0.15, -0.1) is 0 Å². The third-order valence-corrected chi connectivity index (χ3v) is 5.47. The van der Waals surface area contributed by atoms with Crippen LogP contribution in [0.4, 0.5) is 0 Å². The van der Waals surface area contributed by atoms with Crippen molar-refractivity contribution in [1.29, 1.82) is 0 Å². The van der Waals surface area contributed by atoms with Crippen molar-refractivity contribution in [2.75, 3.05) is 13.7 Å². The molecule has 28 heavy (non-hydrogen) atoms. The highest BCUT2D eigenvalue weighted by molar-refractivity contribution is 5.43. The van der Waals surface area contributed by atoms with E-state index in [0.29, 0.717) is 24.4 Å². The van der Waals surface area contributed by atoms with Gasteiger partial charge in [-0.1, -0.05) is 42.8 Å². The molecule has 0 saturated carbocycles. The first-order valence-electron chi connectivity index (χ1n) is 10.6. The van der Waals surface area contributed by atoms with Gasteiger partial charge in [0.05, 0.1) is 6.61 Å². The van der Waals surface area contributed by atoms with Gasteiger partial charge in [0, 0.05) is 30.7 Å². The highest BCUT2D eigenvalue weighted by Gasteiger charge is 2.19. The number of benzene rings is 2. The Morgan fingerprint density at radius 1 is 0.929 bits per heavy atom. The smallest absolute Gasteiger partial charge is 0.119 e. The van der Waals surface area contributed by atoms with Gasteiger partial charge in [0.15, 0.2) is 0 Å². The van der Waals surface area contributed by atoms with Crippen molar-refractivity contribution in [3.63, 3.8) is 0 Å². The average molecular weight is 384 g/mol. The quantitative estimate of drug-likeness (QED) is 0.486. The van der Waals surface area contributed by atoms with Crippen molar-refractivity contribution in [3.05, 3.63) is 65.2 Å². The van der Waals surface area contributed by atoms with Gasteiger partial charge >= 0.3 is 0 Å². The molecule has 2 rings (SSSR count). The van der Waals surface area contributed by atoms with Gasteiger partial charge in [-0.25, -0.2) is 0 Å². The topological polar surface area (TPSA) is 32.7 Å². The van der Waals surface area contributed by atoms with Gasteiger partial charge in [-0.3, -0.25) is 4.90 Å². The molecule has 0 aromatic heterocycles. The molecule has 1 atom stereocenters. The van der Waals surface area contributed by atoms with Crippen LogP contribution in [0.1, 0.15) is 69.6 Å². The van der Waals surface area contributed by atoms with Crippen molar-refractivity contribution in [2.24, 2.45) is 0 Å². The van der Waals surface area contributed by atoms with Crippen LogP contribution in [0.25, 0.3) is 0 Å². The Kier molecular flexibility index (Phi) is 9.01. The minimum Gasteiger partial charge on any atom is -0.508 e. The molecular formula is C25H37NO2. The number of aromatic hydroxyl groups is 1. The summed E-state index contributed by atoms with van der Waals surface area (Å²) in [7, 11) is 1.70. The molecule has 1 N–H and O–H groups in total. The van der Waals surface area contributed by atoms with E-state index in [1.165, 1.54) is 5.56 Å². The van der Waals surface area contributed by atoms with Crippen molar-refractivity contribution in [3.8, 4) is 5.75 Å². The highest BCUT2D eigenvalue weighted by Crippen LogP contribution is 2.36. The second kappa shape index (κ2) is 11.2. The molecule has 2 aromatic carbocycles. The number of nitrogens with zero attached hydrogens (tertiary/aromatic N) is 1. The zero-order valence-electron chi connectivity index (χ0n) is 18.2. The van der Waals surface area contributed by atoms with E-state index in [-0.39, 0.29) is 5.92 Å². The predicted octanol–water partition coefficient (Wildman–Crippen LogP) is 5.96. The van der Waals surface area contributed by atoms with E-state index in [0.717, 1.165) is 36.9 Å². The molecule has 0 aliphatic carbocycles. The van der Waals surface area contributed by atoms with Gasteiger partial charge in [0.1, 0.15) is 5.75 Å². The van der Waals surface area contributed by atoms with Crippen molar-refractivity contribution in [1.82, 2.24) is 4.90 Å². The van der Waals surface area contributed by atoms with Crippen LogP contribution in [0.5, 0.6) is 5.75 Å². The Bertz CT molecular complexity index is 689. The lowest BCUT2D eigenvalue weighted by Crippen LogP contribution is -2.37. The first-order valence-corrected chi connectivity index (χ1v) is 10.6. The van der Waals surface area contributed by atoms with Gasteiger partial charge in [0.2, 0.25) is 0 Å². The molecule has 0 radical (unpaired) electrons. The first kappa shape index (κ1) is 22.4. The van der Waals surface area contributed by atoms with Crippen LogP contribution in [0.3, 0.4) is 0 Å².